The Hall–Kier alpha value is -0.610. The highest BCUT2D eigenvalue weighted by Gasteiger charge is 2.61. The second-order valence-corrected chi connectivity index (χ2v) is 4.44. The fourth-order valence-electron chi connectivity index (χ4n) is 3.13. The monoisotopic (exact) mass is 182 g/mol. The fraction of sp³-hybridized carbons (Fsp3) is 0.889. The Balaban J connectivity index is 1.82. The lowest BCUT2D eigenvalue weighted by molar-refractivity contribution is -0.122. The third kappa shape index (κ3) is 0.901. The second-order valence-electron chi connectivity index (χ2n) is 4.44. The molecule has 2 N–H and O–H groups in total. The molecule has 5 atom stereocenters. The second kappa shape index (κ2) is 2.25. The molecule has 3 rings (SSSR count). The van der Waals surface area contributed by atoms with Gasteiger partial charge in [0, 0.05) is 6.04 Å². The molecule has 0 bridgehead atoms. The number of nitrogens with two attached hydrogens (primary N) is 1. The number of amides is 1. The zero-order chi connectivity index (χ0) is 9.16. The summed E-state index contributed by atoms with van der Waals surface area (Å²) in [6, 6.07) is 0.405. The third-order valence-corrected chi connectivity index (χ3v) is 3.79. The number of primary amides is 1. The largest absolute Gasteiger partial charge is 0.368 e. The Morgan fingerprint density at radius 1 is 1.54 bits per heavy atom. The van der Waals surface area contributed by atoms with Crippen LogP contribution in [0.25, 0.3) is 0 Å². The molecule has 1 aliphatic carbocycles. The number of hydrogen-bond acceptors (Lipinski definition) is 3. The smallest absolute Gasteiger partial charge is 0.234 e. The standard InChI is InChI=1S/C9H14N2O2/c1-11-5(9(10)12)2-4-3-6-8(13-6)7(4)11/h4-8H,2-3H2,1H3,(H2,10,12). The Morgan fingerprint density at radius 2 is 2.31 bits per heavy atom. The molecule has 0 radical (unpaired) electrons. The molecule has 1 saturated carbocycles. The number of rotatable bonds is 1. The van der Waals surface area contributed by atoms with E-state index in [1.54, 1.807) is 0 Å². The highest BCUT2D eigenvalue weighted by Crippen LogP contribution is 2.50. The van der Waals surface area contributed by atoms with E-state index < -0.39 is 0 Å². The average Bonchev–Trinajstić information content (AvgIpc) is 2.57. The van der Waals surface area contributed by atoms with Gasteiger partial charge < -0.3 is 10.5 Å². The summed E-state index contributed by atoms with van der Waals surface area (Å²) in [5.41, 5.74) is 5.33. The first-order chi connectivity index (χ1) is 6.18. The Bertz CT molecular complexity index is 268. The maximum Gasteiger partial charge on any atom is 0.234 e. The Labute approximate surface area is 77.0 Å². The van der Waals surface area contributed by atoms with E-state index in [9.17, 15) is 4.79 Å². The van der Waals surface area contributed by atoms with E-state index in [2.05, 4.69) is 4.90 Å². The lowest BCUT2D eigenvalue weighted by atomic mass is 10.0. The van der Waals surface area contributed by atoms with E-state index >= 15 is 0 Å². The number of epoxide rings is 1. The highest BCUT2D eigenvalue weighted by molar-refractivity contribution is 5.80. The van der Waals surface area contributed by atoms with Crippen LogP contribution in [0.4, 0.5) is 0 Å². The predicted molar refractivity (Wildman–Crippen MR) is 45.9 cm³/mol. The van der Waals surface area contributed by atoms with Gasteiger partial charge in [-0.25, -0.2) is 0 Å². The van der Waals surface area contributed by atoms with Gasteiger partial charge in [0.25, 0.3) is 0 Å². The molecule has 4 nitrogen and oxygen atoms in total. The van der Waals surface area contributed by atoms with Crippen LogP contribution in [0.2, 0.25) is 0 Å². The molecule has 0 aromatic carbocycles. The summed E-state index contributed by atoms with van der Waals surface area (Å²) in [6.45, 7) is 0. The summed E-state index contributed by atoms with van der Waals surface area (Å²) in [6.07, 6.45) is 2.96. The SMILES string of the molecule is CN1C(C(N)=O)CC2CC3OC3C21. The van der Waals surface area contributed by atoms with Gasteiger partial charge in [-0.15, -0.1) is 0 Å². The maximum absolute atomic E-state index is 11.1. The minimum Gasteiger partial charge on any atom is -0.368 e. The van der Waals surface area contributed by atoms with Gasteiger partial charge >= 0.3 is 0 Å². The summed E-state index contributed by atoms with van der Waals surface area (Å²) >= 11 is 0. The summed E-state index contributed by atoms with van der Waals surface area (Å²) in [7, 11) is 1.99. The molecule has 1 amide bonds. The van der Waals surface area contributed by atoms with E-state index in [-0.39, 0.29) is 11.9 Å². The van der Waals surface area contributed by atoms with E-state index in [4.69, 9.17) is 10.5 Å². The third-order valence-electron chi connectivity index (χ3n) is 3.79. The van der Waals surface area contributed by atoms with Crippen LogP contribution >= 0.6 is 0 Å². The van der Waals surface area contributed by atoms with E-state index in [0.717, 1.165) is 12.8 Å². The van der Waals surface area contributed by atoms with Crippen LogP contribution in [0.1, 0.15) is 12.8 Å². The number of hydrogen-bond donors (Lipinski definition) is 1. The predicted octanol–water partition coefficient (Wildman–Crippen LogP) is -0.668. The summed E-state index contributed by atoms with van der Waals surface area (Å²) < 4.78 is 5.47. The van der Waals surface area contributed by atoms with Crippen LogP contribution in [0, 0.1) is 5.92 Å². The van der Waals surface area contributed by atoms with Crippen LogP contribution < -0.4 is 5.73 Å². The summed E-state index contributed by atoms with van der Waals surface area (Å²) in [5, 5.41) is 0. The molecular formula is C9H14N2O2. The van der Waals surface area contributed by atoms with Gasteiger partial charge in [-0.1, -0.05) is 0 Å². The fourth-order valence-corrected chi connectivity index (χ4v) is 3.13. The molecule has 72 valence electrons. The van der Waals surface area contributed by atoms with E-state index in [0.29, 0.717) is 24.2 Å². The van der Waals surface area contributed by atoms with Gasteiger partial charge in [0.1, 0.15) is 0 Å². The van der Waals surface area contributed by atoms with Crippen LogP contribution in [-0.2, 0) is 9.53 Å². The number of likely N-dealkylation sites (tertiary alicyclic amines) is 1. The lowest BCUT2D eigenvalue weighted by Gasteiger charge is -2.22. The van der Waals surface area contributed by atoms with Crippen LogP contribution in [0.15, 0.2) is 0 Å². The van der Waals surface area contributed by atoms with Gasteiger partial charge in [0.2, 0.25) is 5.91 Å². The van der Waals surface area contributed by atoms with Gasteiger partial charge in [-0.05, 0) is 25.8 Å². The molecular weight excluding hydrogens is 168 g/mol. The van der Waals surface area contributed by atoms with Crippen molar-refractivity contribution in [3.63, 3.8) is 0 Å². The molecule has 5 unspecified atom stereocenters. The number of carbonyl (C=O) groups excluding carboxylic acids is 1. The zero-order valence-corrected chi connectivity index (χ0v) is 7.64. The minimum atomic E-state index is -0.186. The van der Waals surface area contributed by atoms with Crippen molar-refractivity contribution in [3.05, 3.63) is 0 Å². The summed E-state index contributed by atoms with van der Waals surface area (Å²) in [4.78, 5) is 13.2. The van der Waals surface area contributed by atoms with Crippen molar-refractivity contribution < 1.29 is 9.53 Å². The molecule has 2 heterocycles. The number of carbonyl (C=O) groups is 1. The van der Waals surface area contributed by atoms with Crippen LogP contribution in [0.5, 0.6) is 0 Å². The quantitative estimate of drug-likeness (QED) is 0.547. The normalized spacial score (nSPS) is 53.2. The number of ether oxygens (including phenoxy) is 1. The van der Waals surface area contributed by atoms with Crippen LogP contribution in [-0.4, -0.2) is 42.1 Å². The van der Waals surface area contributed by atoms with Crippen molar-refractivity contribution in [2.24, 2.45) is 11.7 Å². The Kier molecular flexibility index (Phi) is 1.34. The molecule has 13 heavy (non-hydrogen) atoms. The molecule has 3 aliphatic rings. The van der Waals surface area contributed by atoms with Crippen LogP contribution in [0.3, 0.4) is 0 Å². The average molecular weight is 182 g/mol. The molecule has 4 heteroatoms. The molecule has 2 saturated heterocycles. The number of fused-ring (bicyclic) bond motifs is 3. The van der Waals surface area contributed by atoms with Crippen molar-refractivity contribution >= 4 is 5.91 Å². The molecule has 0 aromatic heterocycles. The molecule has 2 aliphatic heterocycles. The topological polar surface area (TPSA) is 58.9 Å². The summed E-state index contributed by atoms with van der Waals surface area (Å²) in [5.74, 6) is 0.459. The highest BCUT2D eigenvalue weighted by atomic mass is 16.6. The van der Waals surface area contributed by atoms with E-state index in [1.807, 2.05) is 7.05 Å². The first kappa shape index (κ1) is 7.76. The van der Waals surface area contributed by atoms with Crippen molar-refractivity contribution in [1.29, 1.82) is 0 Å². The first-order valence-electron chi connectivity index (χ1n) is 4.85. The maximum atomic E-state index is 11.1. The van der Waals surface area contributed by atoms with Gasteiger partial charge in [-0.3, -0.25) is 9.69 Å². The molecule has 0 spiro atoms. The van der Waals surface area contributed by atoms with Crippen molar-refractivity contribution in [2.45, 2.75) is 37.1 Å². The number of nitrogens with zero attached hydrogens (tertiary/aromatic N) is 1. The van der Waals surface area contributed by atoms with Gasteiger partial charge in [-0.2, -0.15) is 0 Å². The van der Waals surface area contributed by atoms with E-state index in [1.165, 1.54) is 0 Å². The first-order valence-corrected chi connectivity index (χ1v) is 4.85. The number of likely N-dealkylation sites (N-methyl/N-ethyl adjacent to an activating group) is 1. The molecule has 3 fully saturated rings. The van der Waals surface area contributed by atoms with Crippen molar-refractivity contribution in [3.8, 4) is 0 Å². The zero-order valence-electron chi connectivity index (χ0n) is 7.64. The minimum absolute atomic E-state index is 0.0554. The Morgan fingerprint density at radius 3 is 2.92 bits per heavy atom. The van der Waals surface area contributed by atoms with Crippen molar-refractivity contribution in [1.82, 2.24) is 4.90 Å². The van der Waals surface area contributed by atoms with Gasteiger partial charge in [0.05, 0.1) is 18.2 Å². The lowest BCUT2D eigenvalue weighted by Crippen LogP contribution is -2.43. The van der Waals surface area contributed by atoms with Crippen molar-refractivity contribution in [2.75, 3.05) is 7.05 Å². The van der Waals surface area contributed by atoms with Gasteiger partial charge in [0.15, 0.2) is 0 Å². The molecule has 0 aromatic rings.